The number of allylic oxidation sites excluding steroid dienone is 2. The van der Waals surface area contributed by atoms with E-state index in [0.717, 1.165) is 31.6 Å². The molecule has 1 unspecified atom stereocenters. The third-order valence-corrected chi connectivity index (χ3v) is 2.47. The van der Waals surface area contributed by atoms with Crippen LogP contribution >= 0.6 is 0 Å². The fourth-order valence-corrected chi connectivity index (χ4v) is 1.38. The molecule has 0 saturated carbocycles. The molecule has 0 aromatic heterocycles. The molecule has 0 bridgehead atoms. The minimum absolute atomic E-state index is 0.295. The second kappa shape index (κ2) is 9.46. The molecule has 0 fully saturated rings. The normalized spacial score (nSPS) is 13.9. The van der Waals surface area contributed by atoms with Gasteiger partial charge in [0.2, 0.25) is 0 Å². The van der Waals surface area contributed by atoms with Crippen molar-refractivity contribution < 1.29 is 4.74 Å². The summed E-state index contributed by atoms with van der Waals surface area (Å²) in [5, 5.41) is 3.15. The maximum absolute atomic E-state index is 5.90. The molecule has 1 atom stereocenters. The van der Waals surface area contributed by atoms with E-state index in [1.54, 1.807) is 0 Å². The van der Waals surface area contributed by atoms with E-state index >= 15 is 0 Å². The molecule has 0 aliphatic rings. The Morgan fingerprint density at radius 1 is 1.44 bits per heavy atom. The molecule has 0 aliphatic heterocycles. The molecule has 0 saturated heterocycles. The molecule has 0 amide bonds. The predicted molar refractivity (Wildman–Crippen MR) is 71.4 cm³/mol. The van der Waals surface area contributed by atoms with Gasteiger partial charge in [-0.05, 0) is 50.9 Å². The van der Waals surface area contributed by atoms with Crippen molar-refractivity contribution in [3.05, 3.63) is 24.5 Å². The van der Waals surface area contributed by atoms with Crippen LogP contribution in [0.3, 0.4) is 0 Å². The minimum Gasteiger partial charge on any atom is -0.491 e. The largest absolute Gasteiger partial charge is 0.491 e. The van der Waals surface area contributed by atoms with Crippen LogP contribution in [0.2, 0.25) is 0 Å². The van der Waals surface area contributed by atoms with Crippen molar-refractivity contribution in [3.63, 3.8) is 0 Å². The molecular weight excluding hydrogens is 198 g/mol. The SMILES string of the molecule is C=C/C(=C\CC(C)C)OC(CC)CCNC. The third kappa shape index (κ3) is 7.52. The summed E-state index contributed by atoms with van der Waals surface area (Å²) in [5.41, 5.74) is 0. The first-order chi connectivity index (χ1) is 7.63. The molecule has 0 aromatic rings. The minimum atomic E-state index is 0.295. The lowest BCUT2D eigenvalue weighted by atomic mass is 10.1. The van der Waals surface area contributed by atoms with Gasteiger partial charge in [-0.3, -0.25) is 0 Å². The van der Waals surface area contributed by atoms with Gasteiger partial charge in [0.15, 0.2) is 0 Å². The van der Waals surface area contributed by atoms with E-state index < -0.39 is 0 Å². The van der Waals surface area contributed by atoms with Crippen LogP contribution < -0.4 is 5.32 Å². The second-order valence-electron chi connectivity index (χ2n) is 4.48. The highest BCUT2D eigenvalue weighted by atomic mass is 16.5. The first-order valence-electron chi connectivity index (χ1n) is 6.27. The number of hydrogen-bond donors (Lipinski definition) is 1. The van der Waals surface area contributed by atoms with E-state index in [2.05, 4.69) is 38.7 Å². The van der Waals surface area contributed by atoms with E-state index in [0.29, 0.717) is 12.0 Å². The number of nitrogens with one attached hydrogen (secondary N) is 1. The Morgan fingerprint density at radius 3 is 2.56 bits per heavy atom. The first-order valence-corrected chi connectivity index (χ1v) is 6.27. The molecule has 0 spiro atoms. The maximum Gasteiger partial charge on any atom is 0.115 e. The summed E-state index contributed by atoms with van der Waals surface area (Å²) in [6.07, 6.45) is 7.37. The summed E-state index contributed by atoms with van der Waals surface area (Å²) in [7, 11) is 1.97. The summed E-state index contributed by atoms with van der Waals surface area (Å²) in [4.78, 5) is 0. The molecule has 2 nitrogen and oxygen atoms in total. The van der Waals surface area contributed by atoms with Gasteiger partial charge < -0.3 is 10.1 Å². The third-order valence-electron chi connectivity index (χ3n) is 2.47. The Balaban J connectivity index is 4.15. The van der Waals surface area contributed by atoms with E-state index in [9.17, 15) is 0 Å². The fourth-order valence-electron chi connectivity index (χ4n) is 1.38. The highest BCUT2D eigenvalue weighted by Crippen LogP contribution is 2.13. The molecule has 16 heavy (non-hydrogen) atoms. The Morgan fingerprint density at radius 2 is 2.12 bits per heavy atom. The zero-order chi connectivity index (χ0) is 12.4. The van der Waals surface area contributed by atoms with E-state index in [4.69, 9.17) is 4.74 Å². The summed E-state index contributed by atoms with van der Waals surface area (Å²) in [6, 6.07) is 0. The zero-order valence-corrected chi connectivity index (χ0v) is 11.3. The molecule has 0 heterocycles. The summed E-state index contributed by atoms with van der Waals surface area (Å²) in [5.74, 6) is 1.59. The Hall–Kier alpha value is -0.760. The number of ether oxygens (including phenoxy) is 1. The van der Waals surface area contributed by atoms with Crippen LogP contribution in [-0.4, -0.2) is 19.7 Å². The van der Waals surface area contributed by atoms with Crippen molar-refractivity contribution >= 4 is 0 Å². The monoisotopic (exact) mass is 225 g/mol. The topological polar surface area (TPSA) is 21.3 Å². The zero-order valence-electron chi connectivity index (χ0n) is 11.3. The second-order valence-corrected chi connectivity index (χ2v) is 4.48. The lowest BCUT2D eigenvalue weighted by Crippen LogP contribution is -2.18. The average Bonchev–Trinajstić information content (AvgIpc) is 2.28. The molecule has 0 aromatic carbocycles. The standard InChI is InChI=1S/C14H27NO/c1-6-13(9-8-12(3)4)16-14(7-2)10-11-15-5/h6,9,12,14-15H,1,7-8,10-11H2,2-5H3/b13-9+. The van der Waals surface area contributed by atoms with Gasteiger partial charge in [0, 0.05) is 0 Å². The van der Waals surface area contributed by atoms with E-state index in [1.807, 2.05) is 13.1 Å². The highest BCUT2D eigenvalue weighted by Gasteiger charge is 2.07. The highest BCUT2D eigenvalue weighted by molar-refractivity contribution is 5.09. The van der Waals surface area contributed by atoms with Crippen LogP contribution in [0.5, 0.6) is 0 Å². The summed E-state index contributed by atoms with van der Waals surface area (Å²) in [6.45, 7) is 11.4. The van der Waals surface area contributed by atoms with Gasteiger partial charge in [-0.2, -0.15) is 0 Å². The predicted octanol–water partition coefficient (Wildman–Crippen LogP) is 3.51. The maximum atomic E-state index is 5.90. The van der Waals surface area contributed by atoms with Crippen molar-refractivity contribution in [1.29, 1.82) is 0 Å². The van der Waals surface area contributed by atoms with E-state index in [1.165, 1.54) is 0 Å². The van der Waals surface area contributed by atoms with Crippen LogP contribution in [-0.2, 0) is 4.74 Å². The van der Waals surface area contributed by atoms with Crippen molar-refractivity contribution in [1.82, 2.24) is 5.32 Å². The summed E-state index contributed by atoms with van der Waals surface area (Å²) >= 11 is 0. The van der Waals surface area contributed by atoms with Gasteiger partial charge in [0.05, 0.1) is 6.10 Å². The Bertz CT molecular complexity index is 209. The quantitative estimate of drug-likeness (QED) is 0.479. The molecule has 0 aliphatic carbocycles. The van der Waals surface area contributed by atoms with Crippen molar-refractivity contribution in [2.45, 2.75) is 46.1 Å². The Kier molecular flexibility index (Phi) is 9.02. The van der Waals surface area contributed by atoms with Crippen molar-refractivity contribution in [2.24, 2.45) is 5.92 Å². The molecule has 2 heteroatoms. The van der Waals surface area contributed by atoms with Crippen molar-refractivity contribution in [2.75, 3.05) is 13.6 Å². The van der Waals surface area contributed by atoms with Gasteiger partial charge in [0.25, 0.3) is 0 Å². The van der Waals surface area contributed by atoms with Gasteiger partial charge in [-0.15, -0.1) is 0 Å². The first kappa shape index (κ1) is 15.2. The fraction of sp³-hybridized carbons (Fsp3) is 0.714. The van der Waals surface area contributed by atoms with E-state index in [-0.39, 0.29) is 0 Å². The van der Waals surface area contributed by atoms with Gasteiger partial charge in [0.1, 0.15) is 5.76 Å². The van der Waals surface area contributed by atoms with Crippen LogP contribution in [0, 0.1) is 5.92 Å². The average molecular weight is 225 g/mol. The Labute approximate surface area is 101 Å². The lowest BCUT2D eigenvalue weighted by molar-refractivity contribution is 0.113. The smallest absolute Gasteiger partial charge is 0.115 e. The molecule has 0 radical (unpaired) electrons. The number of rotatable bonds is 9. The van der Waals surface area contributed by atoms with Gasteiger partial charge in [-0.25, -0.2) is 0 Å². The van der Waals surface area contributed by atoms with Gasteiger partial charge >= 0.3 is 0 Å². The van der Waals surface area contributed by atoms with Crippen LogP contribution in [0.25, 0.3) is 0 Å². The molecule has 0 rings (SSSR count). The molecular formula is C14H27NO. The summed E-state index contributed by atoms with van der Waals surface area (Å²) < 4.78 is 5.90. The van der Waals surface area contributed by atoms with Crippen LogP contribution in [0.1, 0.15) is 40.0 Å². The molecule has 94 valence electrons. The molecule has 1 N–H and O–H groups in total. The van der Waals surface area contributed by atoms with Gasteiger partial charge in [-0.1, -0.05) is 27.4 Å². The number of hydrogen-bond acceptors (Lipinski definition) is 2. The van der Waals surface area contributed by atoms with Crippen molar-refractivity contribution in [3.8, 4) is 0 Å². The van der Waals surface area contributed by atoms with Crippen LogP contribution in [0.4, 0.5) is 0 Å². The van der Waals surface area contributed by atoms with Crippen LogP contribution in [0.15, 0.2) is 24.5 Å². The lowest BCUT2D eigenvalue weighted by Gasteiger charge is -2.18.